The number of carbonyl (C=O) groups is 1. The van der Waals surface area contributed by atoms with Gasteiger partial charge in [-0.1, -0.05) is 11.2 Å². The van der Waals surface area contributed by atoms with E-state index >= 15 is 0 Å². The second kappa shape index (κ2) is 5.17. The van der Waals surface area contributed by atoms with Gasteiger partial charge in [0, 0.05) is 12.1 Å². The van der Waals surface area contributed by atoms with Crippen LogP contribution in [0.3, 0.4) is 0 Å². The van der Waals surface area contributed by atoms with Gasteiger partial charge in [0.05, 0.1) is 23.2 Å². The van der Waals surface area contributed by atoms with Gasteiger partial charge in [-0.15, -0.1) is 0 Å². The van der Waals surface area contributed by atoms with Gasteiger partial charge in [-0.2, -0.15) is 0 Å². The van der Waals surface area contributed by atoms with Crippen molar-refractivity contribution in [1.29, 1.82) is 0 Å². The normalized spacial score (nSPS) is 10.1. The fourth-order valence-corrected chi connectivity index (χ4v) is 1.46. The highest BCUT2D eigenvalue weighted by molar-refractivity contribution is 5.97. The summed E-state index contributed by atoms with van der Waals surface area (Å²) in [6, 6.07) is 5.29. The highest BCUT2D eigenvalue weighted by Gasteiger charge is 2.20. The second-order valence-electron chi connectivity index (χ2n) is 3.59. The van der Waals surface area contributed by atoms with Gasteiger partial charge >= 0.3 is 5.69 Å². The number of nitrogens with zero attached hydrogens (tertiary/aromatic N) is 2. The van der Waals surface area contributed by atoms with Crippen LogP contribution in [0.4, 0.5) is 5.69 Å². The molecule has 0 saturated heterocycles. The molecule has 1 amide bonds. The smallest absolute Gasteiger partial charge is 0.311 e. The molecule has 2 rings (SSSR count). The molecular formula is C11H9N3O5. The summed E-state index contributed by atoms with van der Waals surface area (Å²) in [5.74, 6) is -0.876. The maximum Gasteiger partial charge on any atom is 0.311 e. The van der Waals surface area contributed by atoms with Crippen LogP contribution < -0.4 is 5.32 Å². The molecule has 1 aromatic heterocycles. The summed E-state index contributed by atoms with van der Waals surface area (Å²) >= 11 is 0. The van der Waals surface area contributed by atoms with Crippen molar-refractivity contribution in [1.82, 2.24) is 10.5 Å². The molecule has 0 unspecified atom stereocenters. The van der Waals surface area contributed by atoms with E-state index in [-0.39, 0.29) is 12.1 Å². The molecule has 8 heteroatoms. The summed E-state index contributed by atoms with van der Waals surface area (Å²) in [4.78, 5) is 21.7. The molecule has 8 nitrogen and oxygen atoms in total. The van der Waals surface area contributed by atoms with E-state index in [0.717, 1.165) is 6.07 Å². The molecule has 0 saturated carbocycles. The van der Waals surface area contributed by atoms with Gasteiger partial charge in [-0.3, -0.25) is 14.9 Å². The predicted octanol–water partition coefficient (Wildman–Crippen LogP) is 1.22. The number of hydrogen-bond acceptors (Lipinski definition) is 6. The zero-order valence-electron chi connectivity index (χ0n) is 9.57. The van der Waals surface area contributed by atoms with Crippen molar-refractivity contribution < 1.29 is 19.3 Å². The van der Waals surface area contributed by atoms with Gasteiger partial charge in [-0.05, 0) is 6.07 Å². The quantitative estimate of drug-likeness (QED) is 0.632. The largest absolute Gasteiger partial charge is 0.502 e. The molecule has 2 N–H and O–H groups in total. The Balaban J connectivity index is 2.15. The van der Waals surface area contributed by atoms with Crippen LogP contribution in [0.1, 0.15) is 16.1 Å². The van der Waals surface area contributed by atoms with Gasteiger partial charge in [0.15, 0.2) is 5.76 Å². The number of rotatable bonds is 4. The monoisotopic (exact) mass is 263 g/mol. The van der Waals surface area contributed by atoms with Crippen LogP contribution in [-0.4, -0.2) is 21.1 Å². The summed E-state index contributed by atoms with van der Waals surface area (Å²) in [6.45, 7) is 0.0704. The third-order valence-electron chi connectivity index (χ3n) is 2.37. The molecule has 1 heterocycles. The SMILES string of the molecule is O=C(NCc1ccno1)c1cccc([N+](=O)[O-])c1O. The first-order valence-corrected chi connectivity index (χ1v) is 5.23. The van der Waals surface area contributed by atoms with Crippen molar-refractivity contribution in [3.8, 4) is 5.75 Å². The lowest BCUT2D eigenvalue weighted by Crippen LogP contribution is -2.22. The standard InChI is InChI=1S/C11H9N3O5/c15-10-8(2-1-3-9(10)14(17)18)11(16)12-6-7-4-5-13-19-7/h1-5,15H,6H2,(H,12,16). The van der Waals surface area contributed by atoms with E-state index in [2.05, 4.69) is 10.5 Å². The number of nitro benzene ring substituents is 1. The number of para-hydroxylation sites is 1. The number of carbonyl (C=O) groups excluding carboxylic acids is 1. The first kappa shape index (κ1) is 12.6. The van der Waals surface area contributed by atoms with Crippen molar-refractivity contribution in [3.63, 3.8) is 0 Å². The fraction of sp³-hybridized carbons (Fsp3) is 0.0909. The summed E-state index contributed by atoms with van der Waals surface area (Å²) in [6.07, 6.45) is 1.42. The van der Waals surface area contributed by atoms with Crippen LogP contribution in [0.2, 0.25) is 0 Å². The third-order valence-corrected chi connectivity index (χ3v) is 2.37. The van der Waals surface area contributed by atoms with Crippen LogP contribution in [0.25, 0.3) is 0 Å². The molecule has 0 atom stereocenters. The van der Waals surface area contributed by atoms with Gasteiger partial charge in [0.1, 0.15) is 0 Å². The molecule has 0 aliphatic rings. The van der Waals surface area contributed by atoms with Crippen LogP contribution >= 0.6 is 0 Å². The summed E-state index contributed by atoms with van der Waals surface area (Å²) in [7, 11) is 0. The van der Waals surface area contributed by atoms with E-state index in [1.54, 1.807) is 6.07 Å². The van der Waals surface area contributed by atoms with E-state index in [0.29, 0.717) is 5.76 Å². The van der Waals surface area contributed by atoms with Gasteiger partial charge in [-0.25, -0.2) is 0 Å². The number of phenolic OH excluding ortho intramolecular Hbond substituents is 1. The summed E-state index contributed by atoms with van der Waals surface area (Å²) in [5.41, 5.74) is -0.693. The lowest BCUT2D eigenvalue weighted by atomic mass is 10.1. The number of hydrogen-bond donors (Lipinski definition) is 2. The Kier molecular flexibility index (Phi) is 3.42. The molecule has 0 aliphatic heterocycles. The van der Waals surface area contributed by atoms with Crippen molar-refractivity contribution in [2.24, 2.45) is 0 Å². The van der Waals surface area contributed by atoms with E-state index in [1.165, 1.54) is 18.3 Å². The number of nitrogens with one attached hydrogen (secondary N) is 1. The molecule has 0 aliphatic carbocycles. The third kappa shape index (κ3) is 2.68. The predicted molar refractivity (Wildman–Crippen MR) is 62.4 cm³/mol. The average Bonchev–Trinajstić information content (AvgIpc) is 2.89. The Morgan fingerprint density at radius 2 is 2.26 bits per heavy atom. The van der Waals surface area contributed by atoms with Crippen LogP contribution in [-0.2, 0) is 6.54 Å². The van der Waals surface area contributed by atoms with Crippen molar-refractivity contribution in [2.45, 2.75) is 6.54 Å². The highest BCUT2D eigenvalue weighted by atomic mass is 16.6. The Hall–Kier alpha value is -2.90. The number of benzene rings is 1. The summed E-state index contributed by atoms with van der Waals surface area (Å²) in [5, 5.41) is 26.2. The van der Waals surface area contributed by atoms with Crippen LogP contribution in [0, 0.1) is 10.1 Å². The first-order valence-electron chi connectivity index (χ1n) is 5.23. The van der Waals surface area contributed by atoms with E-state index in [1.807, 2.05) is 0 Å². The molecule has 98 valence electrons. The lowest BCUT2D eigenvalue weighted by molar-refractivity contribution is -0.385. The number of amides is 1. The van der Waals surface area contributed by atoms with Gasteiger partial charge in [0.25, 0.3) is 5.91 Å². The Morgan fingerprint density at radius 1 is 1.47 bits per heavy atom. The van der Waals surface area contributed by atoms with Crippen molar-refractivity contribution in [3.05, 3.63) is 51.9 Å². The number of nitro groups is 1. The van der Waals surface area contributed by atoms with Gasteiger partial charge in [0.2, 0.25) is 5.75 Å². The number of aromatic hydroxyl groups is 1. The van der Waals surface area contributed by atoms with E-state index in [4.69, 9.17) is 4.52 Å². The van der Waals surface area contributed by atoms with E-state index < -0.39 is 22.3 Å². The highest BCUT2D eigenvalue weighted by Crippen LogP contribution is 2.29. The minimum absolute atomic E-state index is 0.0704. The summed E-state index contributed by atoms with van der Waals surface area (Å²) < 4.78 is 4.78. The Morgan fingerprint density at radius 3 is 2.89 bits per heavy atom. The maximum atomic E-state index is 11.8. The Bertz CT molecular complexity index is 609. The second-order valence-corrected chi connectivity index (χ2v) is 3.59. The molecular weight excluding hydrogens is 254 g/mol. The van der Waals surface area contributed by atoms with Crippen LogP contribution in [0.15, 0.2) is 35.0 Å². The molecule has 19 heavy (non-hydrogen) atoms. The average molecular weight is 263 g/mol. The minimum atomic E-state index is -0.761. The molecule has 2 aromatic rings. The molecule has 0 fully saturated rings. The molecule has 0 spiro atoms. The Labute approximate surface area is 106 Å². The lowest BCUT2D eigenvalue weighted by Gasteiger charge is -2.05. The molecule has 0 bridgehead atoms. The number of aromatic nitrogens is 1. The van der Waals surface area contributed by atoms with Crippen molar-refractivity contribution >= 4 is 11.6 Å². The first-order chi connectivity index (χ1) is 9.09. The number of phenols is 1. The molecule has 1 aromatic carbocycles. The van der Waals surface area contributed by atoms with Crippen LogP contribution in [0.5, 0.6) is 5.75 Å². The topological polar surface area (TPSA) is 119 Å². The zero-order valence-corrected chi connectivity index (χ0v) is 9.57. The molecule has 0 radical (unpaired) electrons. The fourth-order valence-electron chi connectivity index (χ4n) is 1.46. The zero-order chi connectivity index (χ0) is 13.8. The minimum Gasteiger partial charge on any atom is -0.502 e. The van der Waals surface area contributed by atoms with Gasteiger partial charge < -0.3 is 14.9 Å². The maximum absolute atomic E-state index is 11.8. The van der Waals surface area contributed by atoms with Crippen molar-refractivity contribution in [2.75, 3.05) is 0 Å². The van der Waals surface area contributed by atoms with E-state index in [9.17, 15) is 20.0 Å².